The van der Waals surface area contributed by atoms with Gasteiger partial charge in [0.2, 0.25) is 0 Å². The van der Waals surface area contributed by atoms with E-state index in [0.29, 0.717) is 5.75 Å². The molecule has 0 radical (unpaired) electrons. The first kappa shape index (κ1) is 5.95. The first-order valence-electron chi connectivity index (χ1n) is 2.66. The normalized spacial score (nSPS) is 9.00. The Morgan fingerprint density at radius 2 is 2.22 bits per heavy atom. The van der Waals surface area contributed by atoms with Gasteiger partial charge in [0.1, 0.15) is 11.5 Å². The Labute approximate surface area is 53.7 Å². The van der Waals surface area contributed by atoms with Gasteiger partial charge in [-0.1, -0.05) is 6.07 Å². The summed E-state index contributed by atoms with van der Waals surface area (Å²) in [7, 11) is 1.56. The number of ether oxygens (including phenoxy) is 1. The van der Waals surface area contributed by atoms with Crippen LogP contribution in [0, 0.1) is 0 Å². The lowest BCUT2D eigenvalue weighted by Gasteiger charge is -1.97. The summed E-state index contributed by atoms with van der Waals surface area (Å²) in [5.41, 5.74) is 0. The Kier molecular flexibility index (Phi) is 1.58. The van der Waals surface area contributed by atoms with Crippen LogP contribution in [-0.4, -0.2) is 12.2 Å². The number of methoxy groups -OCH3 is 1. The van der Waals surface area contributed by atoms with Crippen molar-refractivity contribution in [2.75, 3.05) is 7.11 Å². The van der Waals surface area contributed by atoms with Gasteiger partial charge in [-0.05, 0) is 12.1 Å². The molecule has 0 aliphatic heterocycles. The van der Waals surface area contributed by atoms with E-state index >= 15 is 0 Å². The smallest absolute Gasteiger partial charge is 0.122 e. The van der Waals surface area contributed by atoms with E-state index in [1.54, 1.807) is 31.4 Å². The zero-order valence-electron chi connectivity index (χ0n) is 5.16. The average molecular weight is 125 g/mol. The SMILES string of the molecule is [13CH3]Oc1cccc(O)c1. The second kappa shape index (κ2) is 2.40. The van der Waals surface area contributed by atoms with Crippen LogP contribution in [0.3, 0.4) is 0 Å². The van der Waals surface area contributed by atoms with Gasteiger partial charge in [0, 0.05) is 6.07 Å². The molecule has 0 saturated carbocycles. The minimum atomic E-state index is 0.231. The molecule has 1 rings (SSSR count). The first-order valence-corrected chi connectivity index (χ1v) is 2.66. The molecule has 9 heavy (non-hydrogen) atoms. The Morgan fingerprint density at radius 1 is 1.44 bits per heavy atom. The lowest BCUT2D eigenvalue weighted by atomic mass is 10.3. The van der Waals surface area contributed by atoms with Gasteiger partial charge in [0.25, 0.3) is 0 Å². The molecule has 48 valence electrons. The Morgan fingerprint density at radius 3 is 2.67 bits per heavy atom. The molecular weight excluding hydrogens is 117 g/mol. The summed E-state index contributed by atoms with van der Waals surface area (Å²) in [4.78, 5) is 0. The maximum absolute atomic E-state index is 8.86. The topological polar surface area (TPSA) is 29.5 Å². The maximum Gasteiger partial charge on any atom is 0.122 e. The number of benzene rings is 1. The zero-order chi connectivity index (χ0) is 6.69. The molecule has 0 bridgehead atoms. The minimum absolute atomic E-state index is 0.231. The first-order chi connectivity index (χ1) is 4.33. The highest BCUT2D eigenvalue weighted by atomic mass is 16.5. The van der Waals surface area contributed by atoms with E-state index < -0.39 is 0 Å². The summed E-state index contributed by atoms with van der Waals surface area (Å²) >= 11 is 0. The largest absolute Gasteiger partial charge is 0.508 e. The molecule has 1 aromatic rings. The van der Waals surface area contributed by atoms with Crippen LogP contribution in [0.2, 0.25) is 0 Å². The highest BCUT2D eigenvalue weighted by molar-refractivity contribution is 5.31. The van der Waals surface area contributed by atoms with Crippen molar-refractivity contribution >= 4 is 0 Å². The number of phenols is 1. The van der Waals surface area contributed by atoms with E-state index in [0.717, 1.165) is 0 Å². The second-order valence-electron chi connectivity index (χ2n) is 1.70. The van der Waals surface area contributed by atoms with E-state index in [1.165, 1.54) is 0 Å². The minimum Gasteiger partial charge on any atom is -0.508 e. The van der Waals surface area contributed by atoms with Crippen LogP contribution in [0.4, 0.5) is 0 Å². The summed E-state index contributed by atoms with van der Waals surface area (Å²) < 4.78 is 4.84. The maximum atomic E-state index is 8.86. The highest BCUT2D eigenvalue weighted by Crippen LogP contribution is 2.16. The van der Waals surface area contributed by atoms with Crippen LogP contribution < -0.4 is 4.74 Å². The third kappa shape index (κ3) is 1.35. The molecule has 1 aromatic carbocycles. The molecule has 0 saturated heterocycles. The summed E-state index contributed by atoms with van der Waals surface area (Å²) in [5.74, 6) is 0.907. The number of rotatable bonds is 1. The van der Waals surface area contributed by atoms with Crippen molar-refractivity contribution in [2.24, 2.45) is 0 Å². The van der Waals surface area contributed by atoms with E-state index in [-0.39, 0.29) is 5.75 Å². The molecule has 1 N–H and O–H groups in total. The van der Waals surface area contributed by atoms with Gasteiger partial charge in [-0.25, -0.2) is 0 Å². The molecule has 0 fully saturated rings. The van der Waals surface area contributed by atoms with Crippen molar-refractivity contribution in [1.82, 2.24) is 0 Å². The fourth-order valence-electron chi connectivity index (χ4n) is 0.610. The third-order valence-corrected chi connectivity index (χ3v) is 1.05. The summed E-state index contributed by atoms with van der Waals surface area (Å²) in [5, 5.41) is 8.86. The van der Waals surface area contributed by atoms with Gasteiger partial charge in [-0.3, -0.25) is 0 Å². The summed E-state index contributed by atoms with van der Waals surface area (Å²) in [6, 6.07) is 6.66. The molecule has 0 atom stereocenters. The van der Waals surface area contributed by atoms with Gasteiger partial charge in [0.05, 0.1) is 7.11 Å². The molecule has 2 nitrogen and oxygen atoms in total. The number of hydrogen-bond donors (Lipinski definition) is 1. The summed E-state index contributed by atoms with van der Waals surface area (Å²) in [6.45, 7) is 0. The molecule has 0 heterocycles. The molecule has 0 unspecified atom stereocenters. The molecule has 2 heteroatoms. The predicted octanol–water partition coefficient (Wildman–Crippen LogP) is 1.40. The van der Waals surface area contributed by atoms with E-state index in [1.807, 2.05) is 0 Å². The highest BCUT2D eigenvalue weighted by Gasteiger charge is 1.88. The zero-order valence-corrected chi connectivity index (χ0v) is 5.16. The van der Waals surface area contributed by atoms with Gasteiger partial charge in [-0.2, -0.15) is 0 Å². The van der Waals surface area contributed by atoms with Crippen molar-refractivity contribution in [3.8, 4) is 11.5 Å². The van der Waals surface area contributed by atoms with Crippen molar-refractivity contribution < 1.29 is 9.84 Å². The van der Waals surface area contributed by atoms with Gasteiger partial charge < -0.3 is 9.84 Å². The van der Waals surface area contributed by atoms with Crippen molar-refractivity contribution in [3.63, 3.8) is 0 Å². The Hall–Kier alpha value is -1.18. The lowest BCUT2D eigenvalue weighted by Crippen LogP contribution is -1.79. The molecule has 0 spiro atoms. The van der Waals surface area contributed by atoms with Gasteiger partial charge >= 0.3 is 0 Å². The van der Waals surface area contributed by atoms with E-state index in [2.05, 4.69) is 0 Å². The standard InChI is InChI=1S/C7H8O2/c1-9-7-4-2-3-6(8)5-7/h2-5,8H,1H3/i1+1. The Balaban J connectivity index is 2.94. The summed E-state index contributed by atoms with van der Waals surface area (Å²) in [6.07, 6.45) is 0. The molecule has 0 amide bonds. The van der Waals surface area contributed by atoms with Crippen LogP contribution in [0.5, 0.6) is 11.5 Å². The van der Waals surface area contributed by atoms with Crippen LogP contribution >= 0.6 is 0 Å². The number of phenolic OH excluding ortho intramolecular Hbond substituents is 1. The molecular formula is C7H8O2. The number of hydrogen-bond acceptors (Lipinski definition) is 2. The van der Waals surface area contributed by atoms with Crippen LogP contribution in [0.1, 0.15) is 0 Å². The van der Waals surface area contributed by atoms with E-state index in [9.17, 15) is 0 Å². The van der Waals surface area contributed by atoms with E-state index in [4.69, 9.17) is 9.84 Å². The van der Waals surface area contributed by atoms with Crippen LogP contribution in [0.25, 0.3) is 0 Å². The molecule has 0 aromatic heterocycles. The van der Waals surface area contributed by atoms with Crippen molar-refractivity contribution in [1.29, 1.82) is 0 Å². The second-order valence-corrected chi connectivity index (χ2v) is 1.70. The fraction of sp³-hybridized carbons (Fsp3) is 0.143. The quantitative estimate of drug-likeness (QED) is 0.575. The predicted molar refractivity (Wildman–Crippen MR) is 34.7 cm³/mol. The van der Waals surface area contributed by atoms with Crippen LogP contribution in [0.15, 0.2) is 24.3 Å². The monoisotopic (exact) mass is 125 g/mol. The van der Waals surface area contributed by atoms with Crippen LogP contribution in [-0.2, 0) is 0 Å². The van der Waals surface area contributed by atoms with Crippen molar-refractivity contribution in [2.45, 2.75) is 0 Å². The Bertz CT molecular complexity index is 196. The fourth-order valence-corrected chi connectivity index (χ4v) is 0.610. The number of aromatic hydroxyl groups is 1. The molecule has 0 aliphatic rings. The third-order valence-electron chi connectivity index (χ3n) is 1.05. The lowest BCUT2D eigenvalue weighted by molar-refractivity contribution is 0.407. The van der Waals surface area contributed by atoms with Gasteiger partial charge in [-0.15, -0.1) is 0 Å². The van der Waals surface area contributed by atoms with Crippen molar-refractivity contribution in [3.05, 3.63) is 24.3 Å². The molecule has 0 aliphatic carbocycles. The van der Waals surface area contributed by atoms with Gasteiger partial charge in [0.15, 0.2) is 0 Å². The average Bonchev–Trinajstić information content (AvgIpc) is 1.88.